The molecule has 2 nitrogen and oxygen atoms in total. The molecule has 0 saturated carbocycles. The van der Waals surface area contributed by atoms with Crippen molar-refractivity contribution in [2.24, 2.45) is 0 Å². The number of hydrogen-bond donors (Lipinski definition) is 2. The Hall–Kier alpha value is -0.540. The lowest BCUT2D eigenvalue weighted by Gasteiger charge is -2.15. The van der Waals surface area contributed by atoms with E-state index in [9.17, 15) is 0 Å². The van der Waals surface area contributed by atoms with Crippen molar-refractivity contribution in [1.29, 1.82) is 0 Å². The molecule has 1 atom stereocenters. The van der Waals surface area contributed by atoms with Gasteiger partial charge in [0.05, 0.1) is 6.61 Å². The van der Waals surface area contributed by atoms with Crippen LogP contribution in [0.5, 0.6) is 0 Å². The Morgan fingerprint density at radius 2 is 2.36 bits per heavy atom. The van der Waals surface area contributed by atoms with Crippen LogP contribution >= 0.6 is 15.9 Å². The summed E-state index contributed by atoms with van der Waals surface area (Å²) in [5, 5.41) is 12.5. The topological polar surface area (TPSA) is 32.3 Å². The largest absolute Gasteiger partial charge is 0.394 e. The van der Waals surface area contributed by atoms with Crippen molar-refractivity contribution in [2.45, 2.75) is 25.3 Å². The van der Waals surface area contributed by atoms with E-state index in [1.54, 1.807) is 0 Å². The van der Waals surface area contributed by atoms with Crippen molar-refractivity contribution in [2.75, 3.05) is 11.9 Å². The smallest absolute Gasteiger partial charge is 0.0632 e. The van der Waals surface area contributed by atoms with Gasteiger partial charge in [-0.05, 0) is 43.0 Å². The summed E-state index contributed by atoms with van der Waals surface area (Å²) >= 11 is 3.47. The molecule has 0 aromatic heterocycles. The number of halogens is 1. The lowest BCUT2D eigenvalue weighted by Crippen LogP contribution is -2.22. The molecule has 0 aliphatic carbocycles. The minimum absolute atomic E-state index is 0.218. The van der Waals surface area contributed by atoms with Crippen molar-refractivity contribution in [3.8, 4) is 0 Å². The van der Waals surface area contributed by atoms with E-state index in [1.165, 1.54) is 11.3 Å². The fourth-order valence-corrected chi connectivity index (χ4v) is 2.29. The van der Waals surface area contributed by atoms with Gasteiger partial charge in [0.1, 0.15) is 0 Å². The SMILES string of the molecule is OCC1CCCc2cc(Br)ccc2N1. The van der Waals surface area contributed by atoms with Crippen LogP contribution in [0.25, 0.3) is 0 Å². The van der Waals surface area contributed by atoms with E-state index in [-0.39, 0.29) is 12.6 Å². The minimum atomic E-state index is 0.218. The molecule has 2 rings (SSSR count). The lowest BCUT2D eigenvalue weighted by atomic mass is 10.1. The third-order valence-electron chi connectivity index (χ3n) is 2.65. The second-order valence-electron chi connectivity index (χ2n) is 3.72. The van der Waals surface area contributed by atoms with Crippen molar-refractivity contribution in [3.05, 3.63) is 28.2 Å². The highest BCUT2D eigenvalue weighted by Gasteiger charge is 2.14. The summed E-state index contributed by atoms with van der Waals surface area (Å²) in [6, 6.07) is 6.48. The number of benzene rings is 1. The van der Waals surface area contributed by atoms with E-state index in [0.29, 0.717) is 0 Å². The number of aliphatic hydroxyl groups is 1. The number of aryl methyl sites for hydroxylation is 1. The molecule has 76 valence electrons. The van der Waals surface area contributed by atoms with Gasteiger partial charge in [0.2, 0.25) is 0 Å². The van der Waals surface area contributed by atoms with Crippen LogP contribution < -0.4 is 5.32 Å². The molecule has 1 unspecified atom stereocenters. The van der Waals surface area contributed by atoms with E-state index in [0.717, 1.165) is 23.7 Å². The van der Waals surface area contributed by atoms with Crippen LogP contribution in [-0.2, 0) is 6.42 Å². The van der Waals surface area contributed by atoms with Crippen LogP contribution in [0.15, 0.2) is 22.7 Å². The Balaban J connectivity index is 2.27. The first-order chi connectivity index (χ1) is 6.79. The summed E-state index contributed by atoms with van der Waals surface area (Å²) in [5.41, 5.74) is 2.51. The Labute approximate surface area is 92.5 Å². The van der Waals surface area contributed by atoms with E-state index in [1.807, 2.05) is 6.07 Å². The molecular weight excluding hydrogens is 242 g/mol. The predicted octanol–water partition coefficient (Wildman–Crippen LogP) is 2.56. The molecule has 2 N–H and O–H groups in total. The molecule has 1 heterocycles. The molecule has 14 heavy (non-hydrogen) atoms. The van der Waals surface area contributed by atoms with Gasteiger partial charge in [0.25, 0.3) is 0 Å². The van der Waals surface area contributed by atoms with Gasteiger partial charge in [-0.3, -0.25) is 0 Å². The van der Waals surface area contributed by atoms with Gasteiger partial charge in [-0.2, -0.15) is 0 Å². The van der Waals surface area contributed by atoms with Crippen LogP contribution in [0, 0.1) is 0 Å². The van der Waals surface area contributed by atoms with Crippen LogP contribution in [0.4, 0.5) is 5.69 Å². The molecule has 1 aromatic carbocycles. The molecular formula is C11H14BrNO. The van der Waals surface area contributed by atoms with Crippen LogP contribution in [0.3, 0.4) is 0 Å². The molecule has 0 amide bonds. The maximum Gasteiger partial charge on any atom is 0.0632 e. The Morgan fingerprint density at radius 1 is 1.50 bits per heavy atom. The maximum absolute atomic E-state index is 9.12. The Kier molecular flexibility index (Phi) is 3.08. The molecule has 1 aromatic rings. The average Bonchev–Trinajstić information content (AvgIpc) is 2.38. The third kappa shape index (κ3) is 2.10. The summed E-state index contributed by atoms with van der Waals surface area (Å²) in [6.07, 6.45) is 3.28. The average molecular weight is 256 g/mol. The highest BCUT2D eigenvalue weighted by molar-refractivity contribution is 9.10. The summed E-state index contributed by atoms with van der Waals surface area (Å²) in [5.74, 6) is 0. The van der Waals surface area contributed by atoms with Gasteiger partial charge in [-0.25, -0.2) is 0 Å². The van der Waals surface area contributed by atoms with Crippen molar-refractivity contribution >= 4 is 21.6 Å². The number of fused-ring (bicyclic) bond motifs is 1. The number of anilines is 1. The van der Waals surface area contributed by atoms with E-state index < -0.39 is 0 Å². The zero-order valence-corrected chi connectivity index (χ0v) is 9.55. The van der Waals surface area contributed by atoms with Crippen molar-refractivity contribution < 1.29 is 5.11 Å². The molecule has 0 spiro atoms. The van der Waals surface area contributed by atoms with Crippen molar-refractivity contribution in [3.63, 3.8) is 0 Å². The minimum Gasteiger partial charge on any atom is -0.394 e. The molecule has 1 aliphatic rings. The van der Waals surface area contributed by atoms with Gasteiger partial charge in [0, 0.05) is 16.2 Å². The summed E-state index contributed by atoms with van der Waals surface area (Å²) < 4.78 is 1.13. The van der Waals surface area contributed by atoms with Gasteiger partial charge in [0.15, 0.2) is 0 Å². The summed E-state index contributed by atoms with van der Waals surface area (Å²) in [6.45, 7) is 0.218. The van der Waals surface area contributed by atoms with E-state index in [4.69, 9.17) is 5.11 Å². The number of rotatable bonds is 1. The predicted molar refractivity (Wildman–Crippen MR) is 61.6 cm³/mol. The fourth-order valence-electron chi connectivity index (χ4n) is 1.88. The van der Waals surface area contributed by atoms with Crippen molar-refractivity contribution in [1.82, 2.24) is 0 Å². The molecule has 1 aliphatic heterocycles. The van der Waals surface area contributed by atoms with Crippen LogP contribution in [0.1, 0.15) is 18.4 Å². The fraction of sp³-hybridized carbons (Fsp3) is 0.455. The molecule has 0 bridgehead atoms. The molecule has 3 heteroatoms. The highest BCUT2D eigenvalue weighted by Crippen LogP contribution is 2.26. The summed E-state index contributed by atoms with van der Waals surface area (Å²) in [4.78, 5) is 0. The number of nitrogens with one attached hydrogen (secondary N) is 1. The first-order valence-electron chi connectivity index (χ1n) is 4.95. The quantitative estimate of drug-likeness (QED) is 0.809. The Bertz CT molecular complexity index is 327. The van der Waals surface area contributed by atoms with Gasteiger partial charge in [-0.1, -0.05) is 15.9 Å². The summed E-state index contributed by atoms with van der Waals surface area (Å²) in [7, 11) is 0. The zero-order valence-electron chi connectivity index (χ0n) is 7.96. The van der Waals surface area contributed by atoms with Crippen LogP contribution in [-0.4, -0.2) is 17.8 Å². The van der Waals surface area contributed by atoms with Crippen LogP contribution in [0.2, 0.25) is 0 Å². The standard InChI is InChI=1S/C11H14BrNO/c12-9-4-5-11-8(6-9)2-1-3-10(7-14)13-11/h4-6,10,13-14H,1-3,7H2. The second kappa shape index (κ2) is 4.32. The Morgan fingerprint density at radius 3 is 3.14 bits per heavy atom. The first kappa shape index (κ1) is 9.99. The zero-order chi connectivity index (χ0) is 9.97. The van der Waals surface area contributed by atoms with E-state index in [2.05, 4.69) is 33.4 Å². The molecule has 0 fully saturated rings. The van der Waals surface area contributed by atoms with Gasteiger partial charge in [-0.15, -0.1) is 0 Å². The first-order valence-corrected chi connectivity index (χ1v) is 5.74. The normalized spacial score (nSPS) is 20.9. The maximum atomic E-state index is 9.12. The van der Waals surface area contributed by atoms with E-state index >= 15 is 0 Å². The second-order valence-corrected chi connectivity index (χ2v) is 4.63. The molecule has 0 saturated heterocycles. The number of hydrogen-bond acceptors (Lipinski definition) is 2. The highest BCUT2D eigenvalue weighted by atomic mass is 79.9. The third-order valence-corrected chi connectivity index (χ3v) is 3.14. The molecule has 0 radical (unpaired) electrons. The monoisotopic (exact) mass is 255 g/mol. The van der Waals surface area contributed by atoms with Gasteiger partial charge >= 0.3 is 0 Å². The van der Waals surface area contributed by atoms with Gasteiger partial charge < -0.3 is 10.4 Å². The lowest BCUT2D eigenvalue weighted by molar-refractivity contribution is 0.268. The number of aliphatic hydroxyl groups excluding tert-OH is 1.